The number of nitrogens with zero attached hydrogens (tertiary/aromatic N) is 3. The second-order valence-corrected chi connectivity index (χ2v) is 10.1. The Morgan fingerprint density at radius 1 is 1.23 bits per heavy atom. The molecule has 1 aromatic heterocycles. The van der Waals surface area contributed by atoms with E-state index in [0.717, 1.165) is 11.0 Å². The van der Waals surface area contributed by atoms with E-state index >= 15 is 0 Å². The van der Waals surface area contributed by atoms with E-state index in [1.165, 1.54) is 0 Å². The van der Waals surface area contributed by atoms with E-state index in [0.29, 0.717) is 23.0 Å². The van der Waals surface area contributed by atoms with Crippen molar-refractivity contribution in [3.63, 3.8) is 0 Å². The summed E-state index contributed by atoms with van der Waals surface area (Å²) in [6.45, 7) is 0.248. The SMILES string of the molecule is CN(C(=O)Cn1c(COc2ccc(Cl)cc2)nc2ccccc21)C1CCS(=O)(=O)C1. The maximum atomic E-state index is 12.9. The van der Waals surface area contributed by atoms with Crippen molar-refractivity contribution in [3.05, 3.63) is 59.4 Å². The maximum absolute atomic E-state index is 12.9. The number of halogens is 1. The van der Waals surface area contributed by atoms with Gasteiger partial charge in [0.15, 0.2) is 9.84 Å². The Morgan fingerprint density at radius 2 is 1.97 bits per heavy atom. The number of fused-ring (bicyclic) bond motifs is 1. The quantitative estimate of drug-likeness (QED) is 0.580. The zero-order valence-corrected chi connectivity index (χ0v) is 18.1. The predicted octanol–water partition coefficient (Wildman–Crippen LogP) is 2.91. The first-order chi connectivity index (χ1) is 14.3. The van der Waals surface area contributed by atoms with Gasteiger partial charge < -0.3 is 14.2 Å². The fourth-order valence-electron chi connectivity index (χ4n) is 3.62. The smallest absolute Gasteiger partial charge is 0.242 e. The number of amides is 1. The highest BCUT2D eigenvalue weighted by atomic mass is 35.5. The monoisotopic (exact) mass is 447 g/mol. The summed E-state index contributed by atoms with van der Waals surface area (Å²) in [6, 6.07) is 14.3. The molecule has 2 aromatic carbocycles. The van der Waals surface area contributed by atoms with Crippen LogP contribution in [0, 0.1) is 0 Å². The van der Waals surface area contributed by atoms with Crippen LogP contribution in [0.25, 0.3) is 11.0 Å². The van der Waals surface area contributed by atoms with Crippen molar-refractivity contribution >= 4 is 38.4 Å². The number of hydrogen-bond acceptors (Lipinski definition) is 5. The highest BCUT2D eigenvalue weighted by molar-refractivity contribution is 7.91. The largest absolute Gasteiger partial charge is 0.486 e. The first-order valence-electron chi connectivity index (χ1n) is 9.61. The molecule has 0 spiro atoms. The zero-order valence-electron chi connectivity index (χ0n) is 16.5. The van der Waals surface area contributed by atoms with E-state index < -0.39 is 9.84 Å². The molecule has 1 atom stereocenters. The lowest BCUT2D eigenvalue weighted by atomic mass is 10.2. The molecule has 0 bridgehead atoms. The van der Waals surface area contributed by atoms with E-state index in [-0.39, 0.29) is 36.6 Å². The number of carbonyl (C=O) groups excluding carboxylic acids is 1. The molecule has 4 rings (SSSR count). The molecule has 0 radical (unpaired) electrons. The van der Waals surface area contributed by atoms with Crippen LogP contribution in [0.4, 0.5) is 0 Å². The van der Waals surface area contributed by atoms with Crippen LogP contribution in [-0.2, 0) is 27.8 Å². The van der Waals surface area contributed by atoms with E-state index in [1.807, 2.05) is 28.8 Å². The fraction of sp³-hybridized carbons (Fsp3) is 0.333. The second-order valence-electron chi connectivity index (χ2n) is 7.41. The number of imidazole rings is 1. The van der Waals surface area contributed by atoms with Crippen molar-refractivity contribution in [3.8, 4) is 5.75 Å². The standard InChI is InChI=1S/C21H22ClN3O4S/c1-24(16-10-11-30(27,28)14-16)21(26)12-25-19-5-3-2-4-18(19)23-20(25)13-29-17-8-6-15(22)7-9-17/h2-9,16H,10-14H2,1H3. The van der Waals surface area contributed by atoms with Gasteiger partial charge in [-0.3, -0.25) is 4.79 Å². The molecule has 1 aliphatic heterocycles. The number of ether oxygens (including phenoxy) is 1. The third-order valence-corrected chi connectivity index (χ3v) is 7.36. The zero-order chi connectivity index (χ0) is 21.3. The molecule has 3 aromatic rings. The fourth-order valence-corrected chi connectivity index (χ4v) is 5.52. The lowest BCUT2D eigenvalue weighted by Crippen LogP contribution is -2.40. The lowest BCUT2D eigenvalue weighted by Gasteiger charge is -2.24. The minimum atomic E-state index is -3.06. The Labute approximate surface area is 180 Å². The van der Waals surface area contributed by atoms with Crippen LogP contribution < -0.4 is 4.74 Å². The van der Waals surface area contributed by atoms with Gasteiger partial charge in [-0.2, -0.15) is 0 Å². The van der Waals surface area contributed by atoms with Crippen LogP contribution in [0.2, 0.25) is 5.02 Å². The molecule has 1 fully saturated rings. The molecule has 1 saturated heterocycles. The van der Waals surface area contributed by atoms with Gasteiger partial charge in [0.1, 0.15) is 24.7 Å². The molecule has 2 heterocycles. The summed E-state index contributed by atoms with van der Waals surface area (Å²) in [6.07, 6.45) is 0.474. The van der Waals surface area contributed by atoms with Crippen molar-refractivity contribution in [1.82, 2.24) is 14.5 Å². The summed E-state index contributed by atoms with van der Waals surface area (Å²) in [4.78, 5) is 19.1. The van der Waals surface area contributed by atoms with Crippen molar-refractivity contribution in [1.29, 1.82) is 0 Å². The molecule has 1 unspecified atom stereocenters. The minimum absolute atomic E-state index is 0.0203. The third-order valence-electron chi connectivity index (χ3n) is 5.36. The number of para-hydroxylation sites is 2. The number of aromatic nitrogens is 2. The Kier molecular flexibility index (Phi) is 5.71. The normalized spacial score (nSPS) is 17.9. The Balaban J connectivity index is 1.55. The first kappa shape index (κ1) is 20.7. The van der Waals surface area contributed by atoms with E-state index in [9.17, 15) is 13.2 Å². The van der Waals surface area contributed by atoms with E-state index in [2.05, 4.69) is 4.98 Å². The van der Waals surface area contributed by atoms with E-state index in [4.69, 9.17) is 16.3 Å². The van der Waals surface area contributed by atoms with Gasteiger partial charge in [-0.1, -0.05) is 23.7 Å². The number of likely N-dealkylation sites (N-methyl/N-ethyl adjacent to an activating group) is 1. The Hall–Kier alpha value is -2.58. The number of rotatable bonds is 6. The van der Waals surface area contributed by atoms with Crippen molar-refractivity contribution in [2.24, 2.45) is 0 Å². The van der Waals surface area contributed by atoms with Crippen LogP contribution in [0.1, 0.15) is 12.2 Å². The molecule has 7 nitrogen and oxygen atoms in total. The molecule has 0 N–H and O–H groups in total. The average molecular weight is 448 g/mol. The first-order valence-corrected chi connectivity index (χ1v) is 11.8. The number of hydrogen-bond donors (Lipinski definition) is 0. The van der Waals surface area contributed by atoms with Crippen LogP contribution in [0.15, 0.2) is 48.5 Å². The van der Waals surface area contributed by atoms with Crippen LogP contribution in [0.3, 0.4) is 0 Å². The third kappa shape index (κ3) is 4.44. The molecule has 30 heavy (non-hydrogen) atoms. The number of sulfone groups is 1. The van der Waals surface area contributed by atoms with Crippen molar-refractivity contribution in [2.75, 3.05) is 18.6 Å². The molecule has 1 aliphatic rings. The molecule has 0 saturated carbocycles. The van der Waals surface area contributed by atoms with Gasteiger partial charge in [0.2, 0.25) is 5.91 Å². The summed E-state index contributed by atoms with van der Waals surface area (Å²) in [7, 11) is -1.40. The van der Waals surface area contributed by atoms with Gasteiger partial charge in [-0.05, 0) is 42.8 Å². The van der Waals surface area contributed by atoms with Gasteiger partial charge in [0.05, 0.1) is 22.5 Å². The van der Waals surface area contributed by atoms with Gasteiger partial charge in [-0.15, -0.1) is 0 Å². The summed E-state index contributed by atoms with van der Waals surface area (Å²) < 4.78 is 31.2. The maximum Gasteiger partial charge on any atom is 0.242 e. The Bertz CT molecular complexity index is 1170. The topological polar surface area (TPSA) is 81.5 Å². The van der Waals surface area contributed by atoms with Gasteiger partial charge >= 0.3 is 0 Å². The van der Waals surface area contributed by atoms with Gasteiger partial charge in [0.25, 0.3) is 0 Å². The van der Waals surface area contributed by atoms with Crippen molar-refractivity contribution < 1.29 is 17.9 Å². The molecular weight excluding hydrogens is 426 g/mol. The summed E-state index contributed by atoms with van der Waals surface area (Å²) >= 11 is 5.91. The average Bonchev–Trinajstić information content (AvgIpc) is 3.26. The number of benzene rings is 2. The number of carbonyl (C=O) groups is 1. The summed E-state index contributed by atoms with van der Waals surface area (Å²) in [5.74, 6) is 1.26. The van der Waals surface area contributed by atoms with Gasteiger partial charge in [0, 0.05) is 18.1 Å². The molecule has 9 heteroatoms. The Morgan fingerprint density at radius 3 is 2.67 bits per heavy atom. The van der Waals surface area contributed by atoms with Crippen LogP contribution >= 0.6 is 11.6 Å². The van der Waals surface area contributed by atoms with Gasteiger partial charge in [-0.25, -0.2) is 13.4 Å². The molecule has 1 amide bonds. The van der Waals surface area contributed by atoms with Crippen molar-refractivity contribution in [2.45, 2.75) is 25.6 Å². The molecule has 158 valence electrons. The highest BCUT2D eigenvalue weighted by Crippen LogP contribution is 2.21. The summed E-state index contributed by atoms with van der Waals surface area (Å²) in [5, 5.41) is 0.622. The molecule has 0 aliphatic carbocycles. The summed E-state index contributed by atoms with van der Waals surface area (Å²) in [5.41, 5.74) is 1.60. The second kappa shape index (κ2) is 8.28. The highest BCUT2D eigenvalue weighted by Gasteiger charge is 2.33. The van der Waals surface area contributed by atoms with Crippen LogP contribution in [-0.4, -0.2) is 53.4 Å². The predicted molar refractivity (Wildman–Crippen MR) is 115 cm³/mol. The van der Waals surface area contributed by atoms with Crippen LogP contribution in [0.5, 0.6) is 5.75 Å². The molecular formula is C21H22ClN3O4S. The lowest BCUT2D eigenvalue weighted by molar-refractivity contribution is -0.132. The minimum Gasteiger partial charge on any atom is -0.486 e. The van der Waals surface area contributed by atoms with E-state index in [1.54, 1.807) is 36.2 Å².